The highest BCUT2D eigenvalue weighted by atomic mass is 32.2. The smallest absolute Gasteiger partial charge is 0.262 e. The molecule has 1 aromatic carbocycles. The Morgan fingerprint density at radius 2 is 1.90 bits per heavy atom. The lowest BCUT2D eigenvalue weighted by Crippen LogP contribution is -2.22. The van der Waals surface area contributed by atoms with E-state index in [4.69, 9.17) is 4.74 Å². The molecule has 3 aromatic rings. The predicted octanol–water partition coefficient (Wildman–Crippen LogP) is 3.06. The number of amides is 1. The molecule has 166 valence electrons. The van der Waals surface area contributed by atoms with Gasteiger partial charge in [-0.25, -0.2) is 18.1 Å². The molecule has 2 aromatic heterocycles. The van der Waals surface area contributed by atoms with Gasteiger partial charge < -0.3 is 10.1 Å². The fraction of sp³-hybridized carbons (Fsp3) is 0.381. The zero-order valence-electron chi connectivity index (χ0n) is 18.3. The molecule has 0 bridgehead atoms. The zero-order valence-corrected chi connectivity index (χ0v) is 19.1. The number of aryl methyl sites for hydroxylation is 3. The molecular weight excluding hydrogens is 418 g/mol. The molecule has 2 heterocycles. The zero-order chi connectivity index (χ0) is 22.8. The van der Waals surface area contributed by atoms with E-state index in [1.807, 2.05) is 19.9 Å². The Morgan fingerprint density at radius 1 is 1.19 bits per heavy atom. The van der Waals surface area contributed by atoms with Gasteiger partial charge in [-0.1, -0.05) is 13.0 Å². The molecule has 0 saturated carbocycles. The average Bonchev–Trinajstić information content (AvgIpc) is 2.99. The first-order valence-corrected chi connectivity index (χ1v) is 11.6. The monoisotopic (exact) mass is 445 g/mol. The van der Waals surface area contributed by atoms with E-state index < -0.39 is 10.0 Å². The van der Waals surface area contributed by atoms with E-state index >= 15 is 0 Å². The Kier molecular flexibility index (Phi) is 6.49. The van der Waals surface area contributed by atoms with Gasteiger partial charge in [0.1, 0.15) is 0 Å². The average molecular weight is 446 g/mol. The molecule has 0 unspecified atom stereocenters. The number of carbonyl (C=O) groups excluding carboxylic acids is 1. The molecule has 0 aliphatic rings. The number of aromatic nitrogens is 3. The van der Waals surface area contributed by atoms with Gasteiger partial charge in [0.2, 0.25) is 15.9 Å². The van der Waals surface area contributed by atoms with Crippen LogP contribution < -0.4 is 14.8 Å². The molecule has 9 nitrogen and oxygen atoms in total. The van der Waals surface area contributed by atoms with Gasteiger partial charge in [0, 0.05) is 18.4 Å². The number of nitrogens with zero attached hydrogens (tertiary/aromatic N) is 3. The molecule has 0 saturated heterocycles. The molecule has 0 spiro atoms. The molecule has 3 rings (SSSR count). The molecule has 0 atom stereocenters. The Morgan fingerprint density at radius 3 is 2.61 bits per heavy atom. The summed E-state index contributed by atoms with van der Waals surface area (Å²) in [6.07, 6.45) is 0.513. The molecule has 0 fully saturated rings. The van der Waals surface area contributed by atoms with E-state index in [2.05, 4.69) is 20.1 Å². The highest BCUT2D eigenvalue weighted by Crippen LogP contribution is 2.27. The normalized spacial score (nSPS) is 11.5. The highest BCUT2D eigenvalue weighted by Gasteiger charge is 2.17. The number of ether oxygens (including phenoxy) is 1. The Balaban J connectivity index is 1.72. The largest absolute Gasteiger partial charge is 0.466 e. The number of fused-ring (bicyclic) bond motifs is 1. The van der Waals surface area contributed by atoms with Crippen molar-refractivity contribution in [3.8, 4) is 5.88 Å². The minimum absolute atomic E-state index is 0.0305. The summed E-state index contributed by atoms with van der Waals surface area (Å²) in [5.41, 5.74) is 4.09. The van der Waals surface area contributed by atoms with Crippen LogP contribution in [0, 0.1) is 20.8 Å². The van der Waals surface area contributed by atoms with Crippen molar-refractivity contribution < 1.29 is 17.9 Å². The topological polar surface area (TPSA) is 115 Å². The summed E-state index contributed by atoms with van der Waals surface area (Å²) in [6, 6.07) is 6.98. The van der Waals surface area contributed by atoms with Crippen molar-refractivity contribution in [3.63, 3.8) is 0 Å². The van der Waals surface area contributed by atoms with Gasteiger partial charge >= 0.3 is 0 Å². The summed E-state index contributed by atoms with van der Waals surface area (Å²) in [4.78, 5) is 17.0. The number of nitrogens with one attached hydrogen (secondary N) is 2. The van der Waals surface area contributed by atoms with Crippen LogP contribution in [0.5, 0.6) is 5.88 Å². The summed E-state index contributed by atoms with van der Waals surface area (Å²) in [5.74, 6) is -0.00784. The molecule has 0 aliphatic heterocycles. The van der Waals surface area contributed by atoms with Crippen molar-refractivity contribution in [1.29, 1.82) is 0 Å². The van der Waals surface area contributed by atoms with Gasteiger partial charge in [0.15, 0.2) is 12.3 Å². The first-order chi connectivity index (χ1) is 14.6. The van der Waals surface area contributed by atoms with E-state index in [0.717, 1.165) is 16.6 Å². The van der Waals surface area contributed by atoms with E-state index in [0.29, 0.717) is 34.9 Å². The third kappa shape index (κ3) is 5.13. The van der Waals surface area contributed by atoms with Crippen molar-refractivity contribution in [1.82, 2.24) is 14.8 Å². The van der Waals surface area contributed by atoms with Crippen LogP contribution in [-0.4, -0.2) is 41.4 Å². The van der Waals surface area contributed by atoms with E-state index in [1.165, 1.54) is 0 Å². The number of rotatable bonds is 8. The standard InChI is InChI=1S/C21H27N5O4S/c1-6-10-31(28,29)25-17-9-7-8-16(15(17)4)23-18(27)12-30-21-19-13(2)11-14(3)22-20(19)26(5)24-21/h7-9,11,25H,6,10,12H2,1-5H3,(H,23,27). The summed E-state index contributed by atoms with van der Waals surface area (Å²) in [5, 5.41) is 7.87. The Bertz CT molecular complexity index is 1230. The molecule has 0 radical (unpaired) electrons. The maximum Gasteiger partial charge on any atom is 0.262 e. The molecular formula is C21H27N5O4S. The number of benzene rings is 1. The van der Waals surface area contributed by atoms with Gasteiger partial charge in [-0.3, -0.25) is 9.52 Å². The first-order valence-electron chi connectivity index (χ1n) is 9.95. The van der Waals surface area contributed by atoms with Crippen LogP contribution in [0.4, 0.5) is 11.4 Å². The molecule has 10 heteroatoms. The third-order valence-corrected chi connectivity index (χ3v) is 6.25. The fourth-order valence-electron chi connectivity index (χ4n) is 3.34. The van der Waals surface area contributed by atoms with Crippen molar-refractivity contribution in [3.05, 3.63) is 41.1 Å². The van der Waals surface area contributed by atoms with Gasteiger partial charge in [0.25, 0.3) is 5.91 Å². The van der Waals surface area contributed by atoms with Gasteiger partial charge in [-0.2, -0.15) is 0 Å². The fourth-order valence-corrected chi connectivity index (χ4v) is 4.54. The first kappa shape index (κ1) is 22.5. The minimum atomic E-state index is -3.43. The second-order valence-electron chi connectivity index (χ2n) is 7.44. The number of pyridine rings is 1. The molecule has 1 amide bonds. The van der Waals surface area contributed by atoms with Gasteiger partial charge in [0.05, 0.1) is 16.8 Å². The summed E-state index contributed by atoms with van der Waals surface area (Å²) in [7, 11) is -1.65. The lowest BCUT2D eigenvalue weighted by molar-refractivity contribution is -0.118. The summed E-state index contributed by atoms with van der Waals surface area (Å²) >= 11 is 0. The third-order valence-electron chi connectivity index (χ3n) is 4.77. The Labute approximate surface area is 181 Å². The van der Waals surface area contributed by atoms with Gasteiger partial charge in [-0.05, 0) is 56.5 Å². The molecule has 2 N–H and O–H groups in total. The lowest BCUT2D eigenvalue weighted by Gasteiger charge is -2.14. The second-order valence-corrected chi connectivity index (χ2v) is 9.29. The van der Waals surface area contributed by atoms with Gasteiger partial charge in [-0.15, -0.1) is 5.10 Å². The van der Waals surface area contributed by atoms with E-state index in [1.54, 1.807) is 43.8 Å². The second kappa shape index (κ2) is 8.93. The van der Waals surface area contributed by atoms with E-state index in [-0.39, 0.29) is 18.3 Å². The maximum atomic E-state index is 12.5. The van der Waals surface area contributed by atoms with E-state index in [9.17, 15) is 13.2 Å². The van der Waals surface area contributed by atoms with Crippen LogP contribution in [0.3, 0.4) is 0 Å². The number of sulfonamides is 1. The SMILES string of the molecule is CCCS(=O)(=O)Nc1cccc(NC(=O)COc2nn(C)c3nc(C)cc(C)c23)c1C. The highest BCUT2D eigenvalue weighted by molar-refractivity contribution is 7.92. The molecule has 0 aliphatic carbocycles. The van der Waals surface area contributed by atoms with Crippen LogP contribution in [0.25, 0.3) is 11.0 Å². The number of carbonyl (C=O) groups is 1. The van der Waals surface area contributed by atoms with Crippen molar-refractivity contribution in [2.45, 2.75) is 34.1 Å². The predicted molar refractivity (Wildman–Crippen MR) is 121 cm³/mol. The van der Waals surface area contributed by atoms with Crippen LogP contribution in [0.15, 0.2) is 24.3 Å². The summed E-state index contributed by atoms with van der Waals surface area (Å²) in [6.45, 7) is 7.15. The maximum absolute atomic E-state index is 12.5. The number of anilines is 2. The van der Waals surface area contributed by atoms with Crippen molar-refractivity contribution in [2.75, 3.05) is 22.4 Å². The van der Waals surface area contributed by atoms with Crippen LogP contribution in [0.1, 0.15) is 30.2 Å². The minimum Gasteiger partial charge on any atom is -0.466 e. The lowest BCUT2D eigenvalue weighted by atomic mass is 10.1. The van der Waals surface area contributed by atoms with Crippen LogP contribution >= 0.6 is 0 Å². The summed E-state index contributed by atoms with van der Waals surface area (Å²) < 4.78 is 34.0. The van der Waals surface area contributed by atoms with Crippen molar-refractivity contribution in [2.24, 2.45) is 7.05 Å². The van der Waals surface area contributed by atoms with Crippen LogP contribution in [0.2, 0.25) is 0 Å². The Hall–Kier alpha value is -3.14. The number of hydrogen-bond donors (Lipinski definition) is 2. The van der Waals surface area contributed by atoms with Crippen molar-refractivity contribution >= 4 is 38.3 Å². The number of hydrogen-bond acceptors (Lipinski definition) is 6. The quantitative estimate of drug-likeness (QED) is 0.551. The molecule has 31 heavy (non-hydrogen) atoms. The van der Waals surface area contributed by atoms with Crippen LogP contribution in [-0.2, 0) is 21.9 Å².